The SMILES string of the molecule is C[C@H]1C[C@H](Cn2ccc3cc(-c4cnn(C5CCCCO5)c4)ccc32)CN1C(=O)CCc1ccccc1. The molecule has 6 rings (SSSR count). The van der Waals surface area contributed by atoms with E-state index >= 15 is 0 Å². The molecule has 0 radical (unpaired) electrons. The highest BCUT2D eigenvalue weighted by molar-refractivity contribution is 5.85. The van der Waals surface area contributed by atoms with Crippen LogP contribution in [0.5, 0.6) is 0 Å². The van der Waals surface area contributed by atoms with E-state index in [2.05, 4.69) is 70.3 Å². The number of carbonyl (C=O) groups excluding carboxylic acids is 1. The minimum Gasteiger partial charge on any atom is -0.357 e. The summed E-state index contributed by atoms with van der Waals surface area (Å²) < 4.78 is 10.2. The third-order valence-electron chi connectivity index (χ3n) is 8.06. The fourth-order valence-corrected chi connectivity index (χ4v) is 6.06. The molecule has 1 unspecified atom stereocenters. The van der Waals surface area contributed by atoms with Gasteiger partial charge in [0.25, 0.3) is 0 Å². The Morgan fingerprint density at radius 2 is 1.97 bits per heavy atom. The summed E-state index contributed by atoms with van der Waals surface area (Å²) in [5, 5.41) is 5.82. The molecule has 4 aromatic rings. The van der Waals surface area contributed by atoms with Crippen molar-refractivity contribution in [3.8, 4) is 11.1 Å². The first-order valence-electron chi connectivity index (χ1n) is 13.7. The van der Waals surface area contributed by atoms with Gasteiger partial charge in [-0.15, -0.1) is 0 Å². The van der Waals surface area contributed by atoms with Crippen molar-refractivity contribution in [1.82, 2.24) is 19.2 Å². The number of aromatic nitrogens is 3. The van der Waals surface area contributed by atoms with Gasteiger partial charge in [-0.3, -0.25) is 4.79 Å². The Kier molecular flexibility index (Phi) is 6.83. The molecule has 0 spiro atoms. The number of fused-ring (bicyclic) bond motifs is 1. The molecule has 2 fully saturated rings. The number of rotatable bonds is 7. The molecular weight excluding hydrogens is 460 g/mol. The predicted molar refractivity (Wildman–Crippen MR) is 146 cm³/mol. The standard InChI is InChI=1S/C31H36N4O2/c1-23-17-25(21-34(23)30(36)13-10-24-7-3-2-4-8-24)20-33-15-14-27-18-26(11-12-29(27)33)28-19-32-35(22-28)31-9-5-6-16-37-31/h2-4,7-8,11-12,14-15,18-19,22-23,25,31H,5-6,9-10,13,16-17,20-21H2,1H3/t23-,25+,31?/m0/s1. The van der Waals surface area contributed by atoms with Gasteiger partial charge in [-0.05, 0) is 74.3 Å². The molecule has 2 aromatic carbocycles. The topological polar surface area (TPSA) is 52.3 Å². The highest BCUT2D eigenvalue weighted by Gasteiger charge is 2.32. The largest absolute Gasteiger partial charge is 0.357 e. The molecule has 37 heavy (non-hydrogen) atoms. The van der Waals surface area contributed by atoms with Crippen LogP contribution in [0.2, 0.25) is 0 Å². The summed E-state index contributed by atoms with van der Waals surface area (Å²) in [5.41, 5.74) is 4.77. The molecule has 2 aliphatic rings. The number of hydrogen-bond acceptors (Lipinski definition) is 3. The van der Waals surface area contributed by atoms with E-state index in [9.17, 15) is 4.79 Å². The molecule has 1 amide bonds. The van der Waals surface area contributed by atoms with Crippen LogP contribution < -0.4 is 0 Å². The van der Waals surface area contributed by atoms with Gasteiger partial charge in [0.2, 0.25) is 5.91 Å². The lowest BCUT2D eigenvalue weighted by molar-refractivity contribution is -0.131. The van der Waals surface area contributed by atoms with Crippen LogP contribution in [-0.4, -0.2) is 44.3 Å². The van der Waals surface area contributed by atoms with Crippen LogP contribution in [0, 0.1) is 5.92 Å². The van der Waals surface area contributed by atoms with Crippen LogP contribution in [0.1, 0.15) is 50.8 Å². The molecular formula is C31H36N4O2. The van der Waals surface area contributed by atoms with Gasteiger partial charge >= 0.3 is 0 Å². The highest BCUT2D eigenvalue weighted by atomic mass is 16.5. The molecule has 2 aliphatic heterocycles. The van der Waals surface area contributed by atoms with Crippen LogP contribution in [0.15, 0.2) is 73.2 Å². The zero-order valence-corrected chi connectivity index (χ0v) is 21.6. The second-order valence-corrected chi connectivity index (χ2v) is 10.8. The van der Waals surface area contributed by atoms with Gasteiger partial charge in [-0.25, -0.2) is 4.68 Å². The van der Waals surface area contributed by atoms with Crippen LogP contribution in [0.4, 0.5) is 0 Å². The number of amides is 1. The number of carbonyl (C=O) groups is 1. The lowest BCUT2D eigenvalue weighted by atomic mass is 10.1. The van der Waals surface area contributed by atoms with Gasteiger partial charge in [0.1, 0.15) is 6.23 Å². The Balaban J connectivity index is 1.10. The van der Waals surface area contributed by atoms with Crippen molar-refractivity contribution in [2.24, 2.45) is 5.92 Å². The van der Waals surface area contributed by atoms with Crippen molar-refractivity contribution >= 4 is 16.8 Å². The van der Waals surface area contributed by atoms with Crippen LogP contribution in [0.3, 0.4) is 0 Å². The van der Waals surface area contributed by atoms with Crippen LogP contribution in [0.25, 0.3) is 22.0 Å². The van der Waals surface area contributed by atoms with E-state index in [4.69, 9.17) is 4.74 Å². The van der Waals surface area contributed by atoms with Crippen molar-refractivity contribution in [1.29, 1.82) is 0 Å². The molecule has 6 nitrogen and oxygen atoms in total. The van der Waals surface area contributed by atoms with Crippen molar-refractivity contribution in [2.75, 3.05) is 13.2 Å². The zero-order chi connectivity index (χ0) is 25.2. The van der Waals surface area contributed by atoms with Crippen molar-refractivity contribution in [3.63, 3.8) is 0 Å². The average Bonchev–Trinajstić information content (AvgIpc) is 3.67. The van der Waals surface area contributed by atoms with Gasteiger partial charge in [-0.1, -0.05) is 36.4 Å². The first-order chi connectivity index (χ1) is 18.1. The lowest BCUT2D eigenvalue weighted by Crippen LogP contribution is -2.34. The smallest absolute Gasteiger partial charge is 0.223 e. The Labute approximate surface area is 218 Å². The maximum atomic E-state index is 13.0. The van der Waals surface area contributed by atoms with E-state index in [0.29, 0.717) is 18.4 Å². The second-order valence-electron chi connectivity index (χ2n) is 10.8. The molecule has 0 N–H and O–H groups in total. The lowest BCUT2D eigenvalue weighted by Gasteiger charge is -2.22. The number of benzene rings is 2. The molecule has 6 heteroatoms. The highest BCUT2D eigenvalue weighted by Crippen LogP contribution is 2.30. The Morgan fingerprint density at radius 1 is 1.08 bits per heavy atom. The summed E-state index contributed by atoms with van der Waals surface area (Å²) in [4.78, 5) is 15.1. The summed E-state index contributed by atoms with van der Waals surface area (Å²) in [6.45, 7) is 4.79. The maximum Gasteiger partial charge on any atom is 0.223 e. The van der Waals surface area contributed by atoms with Crippen LogP contribution >= 0.6 is 0 Å². The average molecular weight is 497 g/mol. The summed E-state index contributed by atoms with van der Waals surface area (Å²) in [5.74, 6) is 0.750. The van der Waals surface area contributed by atoms with Crippen molar-refractivity contribution in [2.45, 2.75) is 64.3 Å². The molecule has 2 aromatic heterocycles. The molecule has 0 saturated carbocycles. The van der Waals surface area contributed by atoms with E-state index in [-0.39, 0.29) is 12.1 Å². The first kappa shape index (κ1) is 24.0. The fourth-order valence-electron chi connectivity index (χ4n) is 6.06. The molecule has 2 saturated heterocycles. The van der Waals surface area contributed by atoms with E-state index in [0.717, 1.165) is 50.9 Å². The first-order valence-corrected chi connectivity index (χ1v) is 13.7. The monoisotopic (exact) mass is 496 g/mol. The van der Waals surface area contributed by atoms with Crippen molar-refractivity contribution < 1.29 is 9.53 Å². The number of hydrogen-bond donors (Lipinski definition) is 0. The summed E-state index contributed by atoms with van der Waals surface area (Å²) in [6, 6.07) is 19.5. The summed E-state index contributed by atoms with van der Waals surface area (Å²) >= 11 is 0. The summed E-state index contributed by atoms with van der Waals surface area (Å²) in [7, 11) is 0. The number of likely N-dealkylation sites (tertiary alicyclic amines) is 1. The second kappa shape index (κ2) is 10.5. The molecule has 4 heterocycles. The maximum absolute atomic E-state index is 13.0. The number of nitrogens with zero attached hydrogens (tertiary/aromatic N) is 4. The number of aryl methyl sites for hydroxylation is 1. The molecule has 192 valence electrons. The fraction of sp³-hybridized carbons (Fsp3) is 0.419. The van der Waals surface area contributed by atoms with E-state index < -0.39 is 0 Å². The third-order valence-corrected chi connectivity index (χ3v) is 8.06. The predicted octanol–water partition coefficient (Wildman–Crippen LogP) is 6.07. The van der Waals surface area contributed by atoms with E-state index in [1.165, 1.54) is 28.5 Å². The quantitative estimate of drug-likeness (QED) is 0.312. The molecule has 3 atom stereocenters. The third kappa shape index (κ3) is 5.21. The van der Waals surface area contributed by atoms with Gasteiger partial charge in [0, 0.05) is 61.0 Å². The minimum absolute atomic E-state index is 0.0610. The zero-order valence-electron chi connectivity index (χ0n) is 21.6. The van der Waals surface area contributed by atoms with E-state index in [1.54, 1.807) is 0 Å². The van der Waals surface area contributed by atoms with Gasteiger partial charge in [0.15, 0.2) is 0 Å². The Hall–Kier alpha value is -3.38. The minimum atomic E-state index is 0.0610. The molecule has 0 bridgehead atoms. The van der Waals surface area contributed by atoms with Crippen molar-refractivity contribution in [3.05, 3.63) is 78.8 Å². The van der Waals surface area contributed by atoms with Gasteiger partial charge in [0.05, 0.1) is 6.20 Å². The molecule has 0 aliphatic carbocycles. The van der Waals surface area contributed by atoms with Gasteiger partial charge in [-0.2, -0.15) is 5.10 Å². The van der Waals surface area contributed by atoms with Gasteiger partial charge < -0.3 is 14.2 Å². The summed E-state index contributed by atoms with van der Waals surface area (Å²) in [6.07, 6.45) is 12.1. The van der Waals surface area contributed by atoms with Crippen LogP contribution in [-0.2, 0) is 22.5 Å². The van der Waals surface area contributed by atoms with E-state index in [1.807, 2.05) is 29.1 Å². The normalized spacial score (nSPS) is 22.1. The Bertz CT molecular complexity index is 1350. The Morgan fingerprint density at radius 3 is 2.81 bits per heavy atom. The number of ether oxygens (including phenoxy) is 1.